The number of hydrogen-bond donors (Lipinski definition) is 0. The molecule has 0 aliphatic carbocycles. The highest BCUT2D eigenvalue weighted by atomic mass is 32.1. The van der Waals surface area contributed by atoms with Crippen molar-refractivity contribution in [1.29, 1.82) is 0 Å². The van der Waals surface area contributed by atoms with Gasteiger partial charge in [-0.3, -0.25) is 4.79 Å². The van der Waals surface area contributed by atoms with Crippen molar-refractivity contribution in [2.24, 2.45) is 5.92 Å². The highest BCUT2D eigenvalue weighted by Gasteiger charge is 2.23. The number of ketones is 1. The van der Waals surface area contributed by atoms with Crippen molar-refractivity contribution in [2.45, 2.75) is 65.9 Å². The summed E-state index contributed by atoms with van der Waals surface area (Å²) < 4.78 is 5.25. The number of carbonyl (C=O) groups excluding carboxylic acids is 2. The summed E-state index contributed by atoms with van der Waals surface area (Å²) in [7, 11) is 0. The molecule has 4 nitrogen and oxygen atoms in total. The number of ether oxygens (including phenoxy) is 1. The van der Waals surface area contributed by atoms with Crippen LogP contribution in [0.2, 0.25) is 0 Å². The quantitative estimate of drug-likeness (QED) is 0.423. The van der Waals surface area contributed by atoms with E-state index in [1.54, 1.807) is 26.2 Å². The van der Waals surface area contributed by atoms with Gasteiger partial charge >= 0.3 is 5.97 Å². The number of unbranched alkanes of at least 4 members (excludes halogenated alkanes) is 2. The van der Waals surface area contributed by atoms with Gasteiger partial charge in [0.25, 0.3) is 0 Å². The van der Waals surface area contributed by atoms with E-state index in [-0.39, 0.29) is 17.4 Å². The summed E-state index contributed by atoms with van der Waals surface area (Å²) in [5, 5.41) is 2.00. The molecule has 0 radical (unpaired) electrons. The number of Topliss-reactive ketones (excluding diaryl/α,β-unsaturated/α-hetero) is 1. The minimum Gasteiger partial charge on any atom is -0.455 e. The van der Waals surface area contributed by atoms with Gasteiger partial charge in [0.05, 0.1) is 0 Å². The maximum Gasteiger partial charge on any atom is 0.358 e. The van der Waals surface area contributed by atoms with Crippen molar-refractivity contribution in [1.82, 2.24) is 4.98 Å². The number of rotatable bonds is 7. The van der Waals surface area contributed by atoms with E-state index in [1.807, 2.05) is 6.92 Å². The Hall–Kier alpha value is -1.23. The monoisotopic (exact) mass is 311 g/mol. The normalized spacial score (nSPS) is 13.0. The molecule has 0 saturated carbocycles. The first kappa shape index (κ1) is 17.8. The minimum absolute atomic E-state index is 0.0194. The molecule has 1 aromatic rings. The zero-order chi connectivity index (χ0) is 16.0. The summed E-state index contributed by atoms with van der Waals surface area (Å²) in [6.07, 6.45) is 4.20. The molecule has 0 bridgehead atoms. The molecule has 1 atom stereocenters. The average molecular weight is 311 g/mol. The third kappa shape index (κ3) is 5.96. The number of aromatic nitrogens is 1. The fourth-order valence-electron chi connectivity index (χ4n) is 1.85. The fourth-order valence-corrected chi connectivity index (χ4v) is 2.69. The van der Waals surface area contributed by atoms with Crippen LogP contribution in [0.3, 0.4) is 0 Å². The molecule has 118 valence electrons. The zero-order valence-electron chi connectivity index (χ0n) is 13.6. The van der Waals surface area contributed by atoms with Gasteiger partial charge in [0.1, 0.15) is 5.60 Å². The lowest BCUT2D eigenvalue weighted by Crippen LogP contribution is -2.24. The molecule has 0 amide bonds. The van der Waals surface area contributed by atoms with Crippen molar-refractivity contribution in [3.8, 4) is 0 Å². The minimum atomic E-state index is -0.557. The summed E-state index contributed by atoms with van der Waals surface area (Å²) in [5.74, 6) is -0.503. The van der Waals surface area contributed by atoms with Crippen LogP contribution in [0.5, 0.6) is 0 Å². The first-order valence-corrected chi connectivity index (χ1v) is 8.35. The van der Waals surface area contributed by atoms with Gasteiger partial charge in [-0.15, -0.1) is 11.3 Å². The Bertz CT molecular complexity index is 488. The van der Waals surface area contributed by atoms with Crippen molar-refractivity contribution in [2.75, 3.05) is 0 Å². The van der Waals surface area contributed by atoms with E-state index in [9.17, 15) is 9.59 Å². The summed E-state index contributed by atoms with van der Waals surface area (Å²) in [5.41, 5.74) is -0.336. The van der Waals surface area contributed by atoms with Gasteiger partial charge in [-0.1, -0.05) is 33.1 Å². The standard InChI is InChI=1S/C16H25NO3S/c1-6-7-8-9-11(2)13(18)14-17-12(10-21-14)15(19)20-16(3,4)5/h10-11H,6-9H2,1-5H3. The molecule has 0 aliphatic heterocycles. The first-order chi connectivity index (χ1) is 9.74. The van der Waals surface area contributed by atoms with Gasteiger partial charge in [0.2, 0.25) is 0 Å². The molecule has 0 saturated heterocycles. The Labute approximate surface area is 130 Å². The molecule has 1 aromatic heterocycles. The molecular formula is C16H25NO3S. The van der Waals surface area contributed by atoms with Crippen molar-refractivity contribution >= 4 is 23.1 Å². The Morgan fingerprint density at radius 2 is 2.00 bits per heavy atom. The number of thiazole rings is 1. The van der Waals surface area contributed by atoms with Gasteiger partial charge in [-0.2, -0.15) is 0 Å². The molecule has 1 rings (SSSR count). The second-order valence-corrected chi connectivity index (χ2v) is 7.16. The topological polar surface area (TPSA) is 56.3 Å². The summed E-state index contributed by atoms with van der Waals surface area (Å²) in [6, 6.07) is 0. The van der Waals surface area contributed by atoms with E-state index >= 15 is 0 Å². The fraction of sp³-hybridized carbons (Fsp3) is 0.688. The van der Waals surface area contributed by atoms with Crippen LogP contribution < -0.4 is 0 Å². The van der Waals surface area contributed by atoms with Gasteiger partial charge in [-0.05, 0) is 27.2 Å². The van der Waals surface area contributed by atoms with Crippen LogP contribution in [0.15, 0.2) is 5.38 Å². The molecule has 0 N–H and O–H groups in total. The second kappa shape index (κ2) is 7.69. The van der Waals surface area contributed by atoms with E-state index in [0.29, 0.717) is 5.01 Å². The molecule has 0 fully saturated rings. The maximum atomic E-state index is 12.3. The Morgan fingerprint density at radius 1 is 1.33 bits per heavy atom. The molecule has 0 spiro atoms. The lowest BCUT2D eigenvalue weighted by Gasteiger charge is -2.18. The third-order valence-corrected chi connectivity index (χ3v) is 3.87. The summed E-state index contributed by atoms with van der Waals surface area (Å²) in [6.45, 7) is 9.48. The molecule has 0 aliphatic rings. The van der Waals surface area contributed by atoms with E-state index in [0.717, 1.165) is 25.7 Å². The Morgan fingerprint density at radius 3 is 2.57 bits per heavy atom. The lowest BCUT2D eigenvalue weighted by molar-refractivity contribution is 0.00637. The molecular weight excluding hydrogens is 286 g/mol. The highest BCUT2D eigenvalue weighted by Crippen LogP contribution is 2.20. The second-order valence-electron chi connectivity index (χ2n) is 6.30. The van der Waals surface area contributed by atoms with Crippen LogP contribution in [0.4, 0.5) is 0 Å². The smallest absolute Gasteiger partial charge is 0.358 e. The number of nitrogens with zero attached hydrogens (tertiary/aromatic N) is 1. The number of carbonyl (C=O) groups is 2. The Kier molecular flexibility index (Phi) is 6.52. The molecule has 1 unspecified atom stereocenters. The van der Waals surface area contributed by atoms with Crippen LogP contribution >= 0.6 is 11.3 Å². The summed E-state index contributed by atoms with van der Waals surface area (Å²) in [4.78, 5) is 28.3. The SMILES string of the molecule is CCCCCC(C)C(=O)c1nc(C(=O)OC(C)(C)C)cs1. The van der Waals surface area contributed by atoms with Crippen LogP contribution in [-0.4, -0.2) is 22.3 Å². The number of hydrogen-bond acceptors (Lipinski definition) is 5. The van der Waals surface area contributed by atoms with Gasteiger partial charge in [-0.25, -0.2) is 9.78 Å². The predicted molar refractivity (Wildman–Crippen MR) is 84.9 cm³/mol. The van der Waals surface area contributed by atoms with Crippen LogP contribution in [0, 0.1) is 5.92 Å². The molecule has 21 heavy (non-hydrogen) atoms. The molecule has 0 aromatic carbocycles. The predicted octanol–water partition coefficient (Wildman–Crippen LogP) is 4.50. The number of esters is 1. The van der Waals surface area contributed by atoms with Gasteiger partial charge in [0.15, 0.2) is 16.5 Å². The van der Waals surface area contributed by atoms with Gasteiger partial charge < -0.3 is 4.74 Å². The summed E-state index contributed by atoms with van der Waals surface area (Å²) >= 11 is 1.22. The van der Waals surface area contributed by atoms with Crippen LogP contribution in [0.1, 0.15) is 80.6 Å². The van der Waals surface area contributed by atoms with Crippen LogP contribution in [-0.2, 0) is 4.74 Å². The zero-order valence-corrected chi connectivity index (χ0v) is 14.4. The third-order valence-electron chi connectivity index (χ3n) is 3.01. The van der Waals surface area contributed by atoms with Crippen molar-refractivity contribution < 1.29 is 14.3 Å². The molecule has 5 heteroatoms. The average Bonchev–Trinajstić information content (AvgIpc) is 2.85. The highest BCUT2D eigenvalue weighted by molar-refractivity contribution is 7.12. The first-order valence-electron chi connectivity index (χ1n) is 7.47. The lowest BCUT2D eigenvalue weighted by atomic mass is 9.99. The van der Waals surface area contributed by atoms with Crippen molar-refractivity contribution in [3.63, 3.8) is 0 Å². The maximum absolute atomic E-state index is 12.3. The Balaban J connectivity index is 2.65. The van der Waals surface area contributed by atoms with Crippen molar-refractivity contribution in [3.05, 3.63) is 16.1 Å². The molecule has 1 heterocycles. The van der Waals surface area contributed by atoms with E-state index in [4.69, 9.17) is 4.74 Å². The largest absolute Gasteiger partial charge is 0.455 e. The van der Waals surface area contributed by atoms with E-state index in [1.165, 1.54) is 11.3 Å². The van der Waals surface area contributed by atoms with E-state index in [2.05, 4.69) is 11.9 Å². The van der Waals surface area contributed by atoms with E-state index < -0.39 is 11.6 Å². The van der Waals surface area contributed by atoms with Gasteiger partial charge in [0, 0.05) is 11.3 Å². The van der Waals surface area contributed by atoms with Crippen LogP contribution in [0.25, 0.3) is 0 Å².